The first-order chi connectivity index (χ1) is 16.9. The minimum Gasteiger partial charge on any atom is -0.355 e. The summed E-state index contributed by atoms with van der Waals surface area (Å²) in [7, 11) is -1.10. The minimum absolute atomic E-state index is 0.0287. The molecule has 0 amide bonds. The summed E-state index contributed by atoms with van der Waals surface area (Å²) < 4.78 is 64.6. The number of anilines is 2. The molecule has 0 saturated carbocycles. The van der Waals surface area contributed by atoms with Gasteiger partial charge in [0.05, 0.1) is 23.0 Å². The molecule has 0 spiro atoms. The predicted octanol–water partition coefficient (Wildman–Crippen LogP) is 2.41. The van der Waals surface area contributed by atoms with Gasteiger partial charge < -0.3 is 15.1 Å². The fourth-order valence-electron chi connectivity index (χ4n) is 4.52. The Hall–Kier alpha value is -3.11. The summed E-state index contributed by atoms with van der Waals surface area (Å²) in [5.41, 5.74) is -0.694. The number of allylic oxidation sites excluding steroid dienone is 4. The van der Waals surface area contributed by atoms with Gasteiger partial charge in [-0.25, -0.2) is 13.1 Å². The van der Waals surface area contributed by atoms with Crippen molar-refractivity contribution < 1.29 is 21.6 Å². The molecule has 0 aromatic carbocycles. The summed E-state index contributed by atoms with van der Waals surface area (Å²) in [6.07, 6.45) is 6.38. The number of fused-ring (bicyclic) bond motifs is 1. The van der Waals surface area contributed by atoms with Gasteiger partial charge in [0.25, 0.3) is 0 Å². The second-order valence-electron chi connectivity index (χ2n) is 9.33. The zero-order valence-corrected chi connectivity index (χ0v) is 21.1. The summed E-state index contributed by atoms with van der Waals surface area (Å²) >= 11 is 0. The number of nitrogens with zero attached hydrogens (tertiary/aromatic N) is 6. The number of hydrogen-bond acceptors (Lipinski definition) is 8. The first-order valence-corrected chi connectivity index (χ1v) is 13.5. The molecule has 0 radical (unpaired) electrons. The van der Waals surface area contributed by atoms with Crippen molar-refractivity contribution in [2.24, 2.45) is 5.92 Å². The predicted molar refractivity (Wildman–Crippen MR) is 133 cm³/mol. The molecule has 2 fully saturated rings. The zero-order valence-electron chi connectivity index (χ0n) is 20.2. The van der Waals surface area contributed by atoms with E-state index in [0.29, 0.717) is 35.9 Å². The van der Waals surface area contributed by atoms with Gasteiger partial charge in [-0.1, -0.05) is 12.0 Å². The van der Waals surface area contributed by atoms with Gasteiger partial charge >= 0.3 is 6.18 Å². The summed E-state index contributed by atoms with van der Waals surface area (Å²) in [6.45, 7) is 4.29. The Morgan fingerprint density at radius 1 is 1.31 bits per heavy atom. The van der Waals surface area contributed by atoms with E-state index in [-0.39, 0.29) is 23.4 Å². The van der Waals surface area contributed by atoms with Gasteiger partial charge in [-0.3, -0.25) is 0 Å². The van der Waals surface area contributed by atoms with E-state index in [1.54, 1.807) is 12.8 Å². The molecule has 0 unspecified atom stereocenters. The molecule has 4 heterocycles. The number of aromatic nitrogens is 4. The summed E-state index contributed by atoms with van der Waals surface area (Å²) in [5.74, 6) is 2.63. The van der Waals surface area contributed by atoms with Gasteiger partial charge in [-0.15, -0.1) is 6.42 Å². The first kappa shape index (κ1) is 26.0. The van der Waals surface area contributed by atoms with Crippen LogP contribution in [0, 0.1) is 18.3 Å². The highest BCUT2D eigenvalue weighted by Gasteiger charge is 2.34. The second kappa shape index (κ2) is 9.74. The zero-order chi connectivity index (χ0) is 26.3. The molecule has 2 aliphatic heterocycles. The quantitative estimate of drug-likeness (QED) is 0.437. The molecule has 0 bridgehead atoms. The third kappa shape index (κ3) is 5.65. The highest BCUT2D eigenvalue weighted by Crippen LogP contribution is 2.33. The molecule has 1 atom stereocenters. The number of halogens is 3. The number of alkyl halides is 3. The van der Waals surface area contributed by atoms with E-state index < -0.39 is 21.6 Å². The number of terminal acetylenes is 1. The van der Waals surface area contributed by atoms with Crippen LogP contribution in [-0.4, -0.2) is 90.5 Å². The third-order valence-corrected chi connectivity index (χ3v) is 7.30. The van der Waals surface area contributed by atoms with Crippen LogP contribution >= 0.6 is 0 Å². The lowest BCUT2D eigenvalue weighted by atomic mass is 10.0. The molecule has 2 saturated heterocycles. The van der Waals surface area contributed by atoms with Crippen molar-refractivity contribution in [2.75, 3.05) is 55.5 Å². The van der Waals surface area contributed by atoms with E-state index in [9.17, 15) is 21.6 Å². The topological polar surface area (TPSA) is 96.2 Å². The Bertz CT molecular complexity index is 1350. The number of rotatable bonds is 7. The molecule has 1 N–H and O–H groups in total. The van der Waals surface area contributed by atoms with Crippen LogP contribution in [0.2, 0.25) is 0 Å². The summed E-state index contributed by atoms with van der Waals surface area (Å²) in [5, 5.41) is 8.18. The van der Waals surface area contributed by atoms with E-state index in [4.69, 9.17) is 11.4 Å². The molecular weight excluding hydrogens is 495 g/mol. The van der Waals surface area contributed by atoms with Gasteiger partial charge in [0.15, 0.2) is 5.65 Å². The van der Waals surface area contributed by atoms with E-state index in [1.807, 2.05) is 11.9 Å². The lowest BCUT2D eigenvalue weighted by molar-refractivity contribution is -0.0871. The van der Waals surface area contributed by atoms with Crippen molar-refractivity contribution in [3.63, 3.8) is 0 Å². The Balaban J connectivity index is 1.74. The molecule has 36 heavy (non-hydrogen) atoms. The maximum absolute atomic E-state index is 13.3. The van der Waals surface area contributed by atoms with Crippen molar-refractivity contribution in [3.8, 4) is 12.3 Å². The van der Waals surface area contributed by atoms with E-state index in [2.05, 4.69) is 20.3 Å². The van der Waals surface area contributed by atoms with E-state index >= 15 is 0 Å². The number of likely N-dealkylation sites (tertiary alicyclic amines) is 1. The summed E-state index contributed by atoms with van der Waals surface area (Å²) in [6, 6.07) is 0.116. The number of hydrogen-bond donors (Lipinski definition) is 1. The largest absolute Gasteiger partial charge is 0.424 e. The lowest BCUT2D eigenvalue weighted by Crippen LogP contribution is -2.50. The van der Waals surface area contributed by atoms with Crippen LogP contribution in [-0.2, 0) is 9.84 Å². The average molecular weight is 524 g/mol. The van der Waals surface area contributed by atoms with Crippen LogP contribution in [0.3, 0.4) is 0 Å². The van der Waals surface area contributed by atoms with Crippen LogP contribution in [0.1, 0.15) is 13.3 Å². The van der Waals surface area contributed by atoms with Crippen LogP contribution < -0.4 is 10.2 Å². The van der Waals surface area contributed by atoms with Crippen molar-refractivity contribution in [2.45, 2.75) is 25.6 Å². The molecule has 13 heteroatoms. The van der Waals surface area contributed by atoms with Crippen LogP contribution in [0.15, 0.2) is 23.9 Å². The molecule has 2 aliphatic rings. The molecular formula is C23H28F3N7O2S. The smallest absolute Gasteiger partial charge is 0.355 e. The first-order valence-electron chi connectivity index (χ1n) is 11.4. The second-order valence-corrected chi connectivity index (χ2v) is 11.5. The van der Waals surface area contributed by atoms with Crippen LogP contribution in [0.5, 0.6) is 0 Å². The van der Waals surface area contributed by atoms with Gasteiger partial charge in [-0.05, 0) is 33.0 Å². The maximum atomic E-state index is 13.3. The third-order valence-electron chi connectivity index (χ3n) is 6.22. The Morgan fingerprint density at radius 2 is 2.03 bits per heavy atom. The standard InChI is InChI=1S/C23H28F3N7O2S/c1-5-16(23(24,25)26)9-18(6-2)33-21-19(10-27-33)20(32-11-15(12-32)14-36(4,34)35)29-22(30-21)28-17-7-8-31(3)13-17/h1,6,9-10,15,17H,7-8,11-14H2,2-4H3,(H,28,29,30)/b16-9+,18-6+/t17-/m0/s1. The number of sulfone groups is 1. The van der Waals surface area contributed by atoms with Gasteiger partial charge in [0.1, 0.15) is 21.2 Å². The molecule has 4 rings (SSSR count). The molecule has 9 nitrogen and oxygen atoms in total. The number of nitrogens with one attached hydrogen (secondary N) is 1. The molecule has 2 aromatic rings. The van der Waals surface area contributed by atoms with Crippen molar-refractivity contribution in [3.05, 3.63) is 23.9 Å². The maximum Gasteiger partial charge on any atom is 0.424 e. The SMILES string of the molecule is C#C/C(=C\C(=C/C)n1ncc2c(N3CC(CS(C)(=O)=O)C3)nc(N[C@H]3CCN(C)C3)nc21)C(F)(F)F. The number of likely N-dealkylation sites (N-methyl/N-ethyl adjacent to an activating group) is 1. The molecule has 0 aliphatic carbocycles. The fraction of sp³-hybridized carbons (Fsp3) is 0.522. The van der Waals surface area contributed by atoms with Crippen LogP contribution in [0.25, 0.3) is 16.7 Å². The van der Waals surface area contributed by atoms with E-state index in [0.717, 1.165) is 25.6 Å². The lowest BCUT2D eigenvalue weighted by Gasteiger charge is -2.40. The Morgan fingerprint density at radius 3 is 2.58 bits per heavy atom. The normalized spacial score (nSPS) is 20.6. The Kier molecular flexibility index (Phi) is 7.03. The monoisotopic (exact) mass is 523 g/mol. The van der Waals surface area contributed by atoms with Gasteiger partial charge in [-0.2, -0.15) is 28.2 Å². The van der Waals surface area contributed by atoms with Gasteiger partial charge in [0.2, 0.25) is 5.95 Å². The van der Waals surface area contributed by atoms with Gasteiger partial charge in [0, 0.05) is 37.8 Å². The van der Waals surface area contributed by atoms with Crippen molar-refractivity contribution >= 4 is 38.3 Å². The Labute approximate surface area is 208 Å². The highest BCUT2D eigenvalue weighted by atomic mass is 32.2. The molecule has 194 valence electrons. The minimum atomic E-state index is -4.68. The van der Waals surface area contributed by atoms with E-state index in [1.165, 1.54) is 23.2 Å². The molecule has 2 aromatic heterocycles. The van der Waals surface area contributed by atoms with Crippen molar-refractivity contribution in [1.29, 1.82) is 0 Å². The van der Waals surface area contributed by atoms with Crippen molar-refractivity contribution in [1.82, 2.24) is 24.6 Å². The average Bonchev–Trinajstić information content (AvgIpc) is 3.35. The highest BCUT2D eigenvalue weighted by molar-refractivity contribution is 7.90. The van der Waals surface area contributed by atoms with Crippen LogP contribution in [0.4, 0.5) is 24.9 Å². The fourth-order valence-corrected chi connectivity index (χ4v) is 5.59. The summed E-state index contributed by atoms with van der Waals surface area (Å²) in [4.78, 5) is 13.4.